The number of nitrogens with zero attached hydrogens (tertiary/aromatic N) is 3. The van der Waals surface area contributed by atoms with E-state index in [1.165, 1.54) is 0 Å². The number of hydrogen-bond acceptors (Lipinski definition) is 5. The molecule has 3 heterocycles. The number of pyridine rings is 1. The maximum Gasteiger partial charge on any atom is 0.315 e. The molecular weight excluding hydrogens is 296 g/mol. The number of morpholine rings is 1. The molecule has 8 nitrogen and oxygen atoms in total. The number of ether oxygens (including phenoxy) is 1. The first-order chi connectivity index (χ1) is 11.3. The van der Waals surface area contributed by atoms with Crippen molar-refractivity contribution < 1.29 is 9.53 Å². The fourth-order valence-corrected chi connectivity index (χ4v) is 2.34. The Bertz CT molecular complexity index is 625. The average molecular weight is 316 g/mol. The highest BCUT2D eigenvalue weighted by Crippen LogP contribution is 2.14. The maximum atomic E-state index is 11.8. The summed E-state index contributed by atoms with van der Waals surface area (Å²) in [5.74, 6) is 0.922. The molecule has 2 aromatic rings. The van der Waals surface area contributed by atoms with Gasteiger partial charge in [-0.1, -0.05) is 0 Å². The van der Waals surface area contributed by atoms with Crippen molar-refractivity contribution in [3.63, 3.8) is 0 Å². The van der Waals surface area contributed by atoms with E-state index in [1.807, 2.05) is 18.2 Å². The molecule has 3 rings (SSSR count). The number of carbonyl (C=O) groups is 1. The monoisotopic (exact) mass is 316 g/mol. The van der Waals surface area contributed by atoms with Gasteiger partial charge in [-0.25, -0.2) is 9.78 Å². The molecule has 0 radical (unpaired) electrons. The summed E-state index contributed by atoms with van der Waals surface area (Å²) in [5, 5.41) is 12.2. The van der Waals surface area contributed by atoms with Crippen molar-refractivity contribution in [1.82, 2.24) is 25.8 Å². The Morgan fingerprint density at radius 3 is 2.83 bits per heavy atom. The number of aromatic nitrogens is 3. The van der Waals surface area contributed by atoms with Crippen LogP contribution in [-0.2, 0) is 17.8 Å². The molecule has 23 heavy (non-hydrogen) atoms. The molecule has 0 atom stereocenters. The third-order valence-electron chi connectivity index (χ3n) is 3.60. The van der Waals surface area contributed by atoms with E-state index in [-0.39, 0.29) is 6.03 Å². The first-order valence-corrected chi connectivity index (χ1v) is 7.59. The third kappa shape index (κ3) is 4.43. The Hall–Kier alpha value is -2.61. The third-order valence-corrected chi connectivity index (χ3v) is 3.60. The van der Waals surface area contributed by atoms with E-state index in [2.05, 4.69) is 30.7 Å². The van der Waals surface area contributed by atoms with Crippen molar-refractivity contribution in [3.05, 3.63) is 41.9 Å². The fourth-order valence-electron chi connectivity index (χ4n) is 2.34. The molecule has 2 amide bonds. The molecule has 0 unspecified atom stereocenters. The van der Waals surface area contributed by atoms with Crippen LogP contribution in [0.1, 0.15) is 11.3 Å². The van der Waals surface area contributed by atoms with Crippen LogP contribution in [0.4, 0.5) is 10.6 Å². The molecule has 3 N–H and O–H groups in total. The minimum atomic E-state index is -0.218. The summed E-state index contributed by atoms with van der Waals surface area (Å²) in [6.45, 7) is 4.00. The number of carbonyl (C=O) groups excluding carboxylic acids is 1. The van der Waals surface area contributed by atoms with E-state index in [1.54, 1.807) is 12.4 Å². The molecule has 1 aliphatic rings. The zero-order valence-electron chi connectivity index (χ0n) is 12.8. The Balaban J connectivity index is 1.48. The fraction of sp³-hybridized carbons (Fsp3) is 0.400. The summed E-state index contributed by atoms with van der Waals surface area (Å²) >= 11 is 0. The molecule has 8 heteroatoms. The molecular formula is C15H20N6O2. The molecule has 122 valence electrons. The number of nitrogens with one attached hydrogen (secondary N) is 3. The van der Waals surface area contributed by atoms with Gasteiger partial charge in [0.1, 0.15) is 5.82 Å². The van der Waals surface area contributed by atoms with Crippen molar-refractivity contribution >= 4 is 11.8 Å². The molecule has 1 fully saturated rings. The minimum Gasteiger partial charge on any atom is -0.378 e. The lowest BCUT2D eigenvalue weighted by Gasteiger charge is -2.28. The van der Waals surface area contributed by atoms with Crippen LogP contribution in [0.2, 0.25) is 0 Å². The topological polar surface area (TPSA) is 95.2 Å². The van der Waals surface area contributed by atoms with Crippen molar-refractivity contribution in [2.75, 3.05) is 31.2 Å². The second kappa shape index (κ2) is 7.59. The number of rotatable bonds is 5. The Kier molecular flexibility index (Phi) is 5.05. The van der Waals surface area contributed by atoms with E-state index in [0.717, 1.165) is 43.4 Å². The van der Waals surface area contributed by atoms with Crippen LogP contribution in [0.5, 0.6) is 0 Å². The van der Waals surface area contributed by atoms with E-state index < -0.39 is 0 Å². The molecule has 0 saturated carbocycles. The Morgan fingerprint density at radius 2 is 2.04 bits per heavy atom. The largest absolute Gasteiger partial charge is 0.378 e. The van der Waals surface area contributed by atoms with Crippen molar-refractivity contribution in [3.8, 4) is 0 Å². The normalized spacial score (nSPS) is 14.5. The summed E-state index contributed by atoms with van der Waals surface area (Å²) < 4.78 is 5.35. The first-order valence-electron chi connectivity index (χ1n) is 7.59. The highest BCUT2D eigenvalue weighted by atomic mass is 16.5. The predicted molar refractivity (Wildman–Crippen MR) is 84.9 cm³/mol. The van der Waals surface area contributed by atoms with E-state index in [4.69, 9.17) is 4.74 Å². The highest BCUT2D eigenvalue weighted by molar-refractivity contribution is 5.73. The van der Waals surface area contributed by atoms with Crippen LogP contribution < -0.4 is 15.5 Å². The van der Waals surface area contributed by atoms with Gasteiger partial charge < -0.3 is 20.3 Å². The quantitative estimate of drug-likeness (QED) is 0.752. The number of urea groups is 1. The van der Waals surface area contributed by atoms with Gasteiger partial charge in [0, 0.05) is 32.0 Å². The molecule has 2 aromatic heterocycles. The van der Waals surface area contributed by atoms with Gasteiger partial charge in [-0.05, 0) is 23.8 Å². The summed E-state index contributed by atoms with van der Waals surface area (Å²) in [6, 6.07) is 5.50. The second-order valence-corrected chi connectivity index (χ2v) is 5.24. The number of amides is 2. The van der Waals surface area contributed by atoms with Crippen LogP contribution in [0.15, 0.2) is 30.6 Å². The lowest BCUT2D eigenvalue weighted by molar-refractivity contribution is 0.122. The van der Waals surface area contributed by atoms with Crippen LogP contribution in [0, 0.1) is 0 Å². The number of hydrogen-bond donors (Lipinski definition) is 3. The Morgan fingerprint density at radius 1 is 1.22 bits per heavy atom. The zero-order chi connectivity index (χ0) is 15.9. The van der Waals surface area contributed by atoms with Crippen LogP contribution in [0.3, 0.4) is 0 Å². The summed E-state index contributed by atoms with van der Waals surface area (Å²) in [6.07, 6.45) is 3.42. The van der Waals surface area contributed by atoms with Gasteiger partial charge in [0.2, 0.25) is 0 Å². The summed E-state index contributed by atoms with van der Waals surface area (Å²) in [4.78, 5) is 18.4. The van der Waals surface area contributed by atoms with Crippen molar-refractivity contribution in [2.45, 2.75) is 13.1 Å². The van der Waals surface area contributed by atoms with Crippen molar-refractivity contribution in [1.29, 1.82) is 0 Å². The van der Waals surface area contributed by atoms with E-state index in [0.29, 0.717) is 13.1 Å². The SMILES string of the molecule is O=C(NCc1ccnc(N2CCOCC2)c1)NCc1ccn[nH]1. The molecule has 0 aliphatic carbocycles. The van der Waals surface area contributed by atoms with Gasteiger partial charge in [0.05, 0.1) is 25.5 Å². The first kappa shape index (κ1) is 15.3. The van der Waals surface area contributed by atoms with Gasteiger partial charge >= 0.3 is 6.03 Å². The van der Waals surface area contributed by atoms with Crippen LogP contribution in [-0.4, -0.2) is 47.5 Å². The highest BCUT2D eigenvalue weighted by Gasteiger charge is 2.12. The maximum absolute atomic E-state index is 11.8. The van der Waals surface area contributed by atoms with Gasteiger partial charge in [-0.15, -0.1) is 0 Å². The second-order valence-electron chi connectivity index (χ2n) is 5.24. The van der Waals surface area contributed by atoms with Crippen molar-refractivity contribution in [2.24, 2.45) is 0 Å². The molecule has 1 saturated heterocycles. The number of aromatic amines is 1. The van der Waals surface area contributed by atoms with Gasteiger partial charge in [-0.3, -0.25) is 5.10 Å². The molecule has 1 aliphatic heterocycles. The molecule has 0 spiro atoms. The Labute approximate surface area is 134 Å². The molecule has 0 bridgehead atoms. The van der Waals surface area contributed by atoms with Gasteiger partial charge in [0.25, 0.3) is 0 Å². The lowest BCUT2D eigenvalue weighted by atomic mass is 10.2. The summed E-state index contributed by atoms with van der Waals surface area (Å²) in [7, 11) is 0. The van der Waals surface area contributed by atoms with Crippen LogP contribution >= 0.6 is 0 Å². The standard InChI is InChI=1S/C15H20N6O2/c22-15(18-11-13-2-4-19-20-13)17-10-12-1-3-16-14(9-12)21-5-7-23-8-6-21/h1-4,9H,5-8,10-11H2,(H,19,20)(H2,17,18,22). The van der Waals surface area contributed by atoms with Gasteiger partial charge in [-0.2, -0.15) is 5.10 Å². The zero-order valence-corrected chi connectivity index (χ0v) is 12.8. The smallest absolute Gasteiger partial charge is 0.315 e. The van der Waals surface area contributed by atoms with E-state index in [9.17, 15) is 4.79 Å². The predicted octanol–water partition coefficient (Wildman–Crippen LogP) is 0.641. The molecule has 0 aromatic carbocycles. The van der Waals surface area contributed by atoms with Crippen LogP contribution in [0.25, 0.3) is 0 Å². The van der Waals surface area contributed by atoms with E-state index >= 15 is 0 Å². The summed E-state index contributed by atoms with van der Waals surface area (Å²) in [5.41, 5.74) is 1.87. The number of anilines is 1. The van der Waals surface area contributed by atoms with Gasteiger partial charge in [0.15, 0.2) is 0 Å². The minimum absolute atomic E-state index is 0.218. The average Bonchev–Trinajstić information content (AvgIpc) is 3.13. The number of H-pyrrole nitrogens is 1. The lowest BCUT2D eigenvalue weighted by Crippen LogP contribution is -2.37.